The number of hydrogen-bond donors (Lipinski definition) is 3. The minimum Gasteiger partial charge on any atom is -0.388 e. The molecule has 2 amide bonds. The molecule has 0 bridgehead atoms. The molecular weight excluding hydrogens is 316 g/mol. The van der Waals surface area contributed by atoms with Crippen molar-refractivity contribution in [1.29, 1.82) is 0 Å². The molecule has 0 aliphatic carbocycles. The highest BCUT2D eigenvalue weighted by atomic mass is 16.3. The van der Waals surface area contributed by atoms with Crippen LogP contribution < -0.4 is 10.6 Å². The van der Waals surface area contributed by atoms with Crippen LogP contribution in [0, 0.1) is 5.92 Å². The third-order valence-electron chi connectivity index (χ3n) is 4.02. The van der Waals surface area contributed by atoms with Crippen LogP contribution in [0.15, 0.2) is 42.7 Å². The standard InChI is InChI=1S/C19H28N4O2/c1-15(2)8-9-19(3,25)14-21-18(24)20-13-16-6-4-7-17(12-16)23-11-5-10-22-23/h4-7,10-12,15,25H,8-9,13-14H2,1-3H3,(H2,20,21,24). The van der Waals surface area contributed by atoms with Crippen molar-refractivity contribution in [1.82, 2.24) is 20.4 Å². The van der Waals surface area contributed by atoms with E-state index in [1.165, 1.54) is 0 Å². The summed E-state index contributed by atoms with van der Waals surface area (Å²) in [7, 11) is 0. The number of carbonyl (C=O) groups is 1. The van der Waals surface area contributed by atoms with E-state index in [2.05, 4.69) is 29.6 Å². The van der Waals surface area contributed by atoms with Crippen LogP contribution in [0.1, 0.15) is 39.2 Å². The lowest BCUT2D eigenvalue weighted by molar-refractivity contribution is 0.0476. The zero-order valence-corrected chi connectivity index (χ0v) is 15.2. The fraction of sp³-hybridized carbons (Fsp3) is 0.474. The van der Waals surface area contributed by atoms with E-state index in [0.717, 1.165) is 17.7 Å². The smallest absolute Gasteiger partial charge is 0.315 e. The number of amides is 2. The Bertz CT molecular complexity index is 666. The molecule has 0 fully saturated rings. The van der Waals surface area contributed by atoms with E-state index in [1.807, 2.05) is 36.5 Å². The van der Waals surface area contributed by atoms with Crippen LogP contribution >= 0.6 is 0 Å². The Kier molecular flexibility index (Phi) is 6.58. The number of hydrogen-bond acceptors (Lipinski definition) is 3. The molecule has 0 aliphatic heterocycles. The van der Waals surface area contributed by atoms with Gasteiger partial charge >= 0.3 is 6.03 Å². The van der Waals surface area contributed by atoms with E-state index in [9.17, 15) is 9.90 Å². The zero-order chi connectivity index (χ0) is 18.3. The first-order valence-corrected chi connectivity index (χ1v) is 8.69. The molecule has 0 saturated carbocycles. The molecule has 25 heavy (non-hydrogen) atoms. The van der Waals surface area contributed by atoms with Crippen molar-refractivity contribution in [3.8, 4) is 5.69 Å². The van der Waals surface area contributed by atoms with Crippen molar-refractivity contribution in [2.45, 2.75) is 45.8 Å². The lowest BCUT2D eigenvalue weighted by Crippen LogP contribution is -2.44. The quantitative estimate of drug-likeness (QED) is 0.689. The first kappa shape index (κ1) is 19.0. The van der Waals surface area contributed by atoms with Gasteiger partial charge in [-0.15, -0.1) is 0 Å². The summed E-state index contributed by atoms with van der Waals surface area (Å²) in [5.74, 6) is 0.530. The number of aromatic nitrogens is 2. The summed E-state index contributed by atoms with van der Waals surface area (Å²) in [5, 5.41) is 20.0. The monoisotopic (exact) mass is 344 g/mol. The van der Waals surface area contributed by atoms with Crippen molar-refractivity contribution >= 4 is 6.03 Å². The van der Waals surface area contributed by atoms with Gasteiger partial charge in [-0.1, -0.05) is 26.0 Å². The molecule has 6 heteroatoms. The Hall–Kier alpha value is -2.34. The van der Waals surface area contributed by atoms with E-state index < -0.39 is 5.60 Å². The van der Waals surface area contributed by atoms with Crippen molar-refractivity contribution in [2.75, 3.05) is 6.54 Å². The molecule has 1 unspecified atom stereocenters. The number of carbonyl (C=O) groups excluding carboxylic acids is 1. The number of nitrogens with one attached hydrogen (secondary N) is 2. The summed E-state index contributed by atoms with van der Waals surface area (Å²) in [6.07, 6.45) is 5.19. The van der Waals surface area contributed by atoms with Gasteiger partial charge in [0.2, 0.25) is 0 Å². The highest BCUT2D eigenvalue weighted by Crippen LogP contribution is 2.15. The van der Waals surface area contributed by atoms with E-state index in [1.54, 1.807) is 17.8 Å². The molecule has 2 aromatic rings. The van der Waals surface area contributed by atoms with Gasteiger partial charge in [-0.3, -0.25) is 0 Å². The maximum atomic E-state index is 12.0. The SMILES string of the molecule is CC(C)CCC(C)(O)CNC(=O)NCc1cccc(-n2cccn2)c1. The molecule has 3 N–H and O–H groups in total. The summed E-state index contributed by atoms with van der Waals surface area (Å²) >= 11 is 0. The fourth-order valence-electron chi connectivity index (χ4n) is 2.43. The van der Waals surface area contributed by atoms with Crippen LogP contribution in [0.3, 0.4) is 0 Å². The molecule has 0 saturated heterocycles. The summed E-state index contributed by atoms with van der Waals surface area (Å²) in [6, 6.07) is 9.40. The Morgan fingerprint density at radius 1 is 1.32 bits per heavy atom. The first-order chi connectivity index (χ1) is 11.9. The van der Waals surface area contributed by atoms with Crippen LogP contribution in [0.2, 0.25) is 0 Å². The average molecular weight is 344 g/mol. The third kappa shape index (κ3) is 6.58. The number of benzene rings is 1. The van der Waals surface area contributed by atoms with Gasteiger partial charge < -0.3 is 15.7 Å². The summed E-state index contributed by atoms with van der Waals surface area (Å²) < 4.78 is 1.77. The van der Waals surface area contributed by atoms with Crippen molar-refractivity contribution in [2.24, 2.45) is 5.92 Å². The van der Waals surface area contributed by atoms with Gasteiger partial charge in [0.15, 0.2) is 0 Å². The van der Waals surface area contributed by atoms with E-state index in [0.29, 0.717) is 18.9 Å². The zero-order valence-electron chi connectivity index (χ0n) is 15.2. The Morgan fingerprint density at radius 2 is 2.12 bits per heavy atom. The van der Waals surface area contributed by atoms with Gasteiger partial charge in [0.25, 0.3) is 0 Å². The van der Waals surface area contributed by atoms with Crippen molar-refractivity contribution in [3.05, 3.63) is 48.3 Å². The molecule has 1 atom stereocenters. The van der Waals surface area contributed by atoms with Gasteiger partial charge in [-0.05, 0) is 49.4 Å². The van der Waals surface area contributed by atoms with Crippen molar-refractivity contribution < 1.29 is 9.90 Å². The minimum absolute atomic E-state index is 0.235. The summed E-state index contributed by atoms with van der Waals surface area (Å²) in [5.41, 5.74) is 1.04. The molecule has 136 valence electrons. The Labute approximate surface area is 149 Å². The predicted molar refractivity (Wildman–Crippen MR) is 98.5 cm³/mol. The normalized spacial score (nSPS) is 13.5. The molecule has 0 aliphatic rings. The third-order valence-corrected chi connectivity index (χ3v) is 4.02. The van der Waals surface area contributed by atoms with Crippen LogP contribution in [-0.4, -0.2) is 33.1 Å². The van der Waals surface area contributed by atoms with Crippen LogP contribution in [-0.2, 0) is 6.54 Å². The van der Waals surface area contributed by atoms with Gasteiger partial charge in [-0.2, -0.15) is 5.10 Å². The number of aliphatic hydroxyl groups is 1. The van der Waals surface area contributed by atoms with Gasteiger partial charge in [0.05, 0.1) is 11.3 Å². The number of rotatable bonds is 8. The number of nitrogens with zero attached hydrogens (tertiary/aromatic N) is 2. The Morgan fingerprint density at radius 3 is 2.80 bits per heavy atom. The largest absolute Gasteiger partial charge is 0.388 e. The highest BCUT2D eigenvalue weighted by Gasteiger charge is 2.21. The Balaban J connectivity index is 1.79. The fourth-order valence-corrected chi connectivity index (χ4v) is 2.43. The maximum absolute atomic E-state index is 12.0. The molecule has 6 nitrogen and oxygen atoms in total. The van der Waals surface area contributed by atoms with Crippen LogP contribution in [0.25, 0.3) is 5.69 Å². The summed E-state index contributed by atoms with van der Waals surface area (Å²) in [6.45, 7) is 6.64. The van der Waals surface area contributed by atoms with Crippen LogP contribution in [0.5, 0.6) is 0 Å². The lowest BCUT2D eigenvalue weighted by atomic mass is 9.95. The van der Waals surface area contributed by atoms with Crippen LogP contribution in [0.4, 0.5) is 4.79 Å². The second kappa shape index (κ2) is 8.67. The second-order valence-corrected chi connectivity index (χ2v) is 7.09. The first-order valence-electron chi connectivity index (χ1n) is 8.69. The highest BCUT2D eigenvalue weighted by molar-refractivity contribution is 5.73. The molecule has 2 rings (SSSR count). The minimum atomic E-state index is -0.887. The topological polar surface area (TPSA) is 79.2 Å². The van der Waals surface area contributed by atoms with Gasteiger partial charge in [-0.25, -0.2) is 9.48 Å². The molecule has 0 spiro atoms. The number of urea groups is 1. The maximum Gasteiger partial charge on any atom is 0.315 e. The molecular formula is C19H28N4O2. The average Bonchev–Trinajstić information content (AvgIpc) is 3.11. The summed E-state index contributed by atoms with van der Waals surface area (Å²) in [4.78, 5) is 12.0. The predicted octanol–water partition coefficient (Wildman–Crippen LogP) is 2.86. The van der Waals surface area contributed by atoms with E-state index in [4.69, 9.17) is 0 Å². The van der Waals surface area contributed by atoms with Gasteiger partial charge in [0, 0.05) is 25.5 Å². The van der Waals surface area contributed by atoms with Gasteiger partial charge in [0.1, 0.15) is 0 Å². The lowest BCUT2D eigenvalue weighted by Gasteiger charge is -2.24. The van der Waals surface area contributed by atoms with E-state index >= 15 is 0 Å². The molecule has 0 radical (unpaired) electrons. The molecule has 1 aromatic carbocycles. The molecule has 1 heterocycles. The van der Waals surface area contributed by atoms with E-state index in [-0.39, 0.29) is 12.6 Å². The second-order valence-electron chi connectivity index (χ2n) is 7.09. The molecule has 1 aromatic heterocycles. The van der Waals surface area contributed by atoms with Crippen molar-refractivity contribution in [3.63, 3.8) is 0 Å².